The van der Waals surface area contributed by atoms with E-state index in [0.717, 1.165) is 5.56 Å². The minimum Gasteiger partial charge on any atom is -0.338 e. The minimum atomic E-state index is -0.536. The third kappa shape index (κ3) is 3.06. The van der Waals surface area contributed by atoms with Crippen molar-refractivity contribution in [3.05, 3.63) is 35.9 Å². The molecule has 122 valence electrons. The van der Waals surface area contributed by atoms with E-state index in [1.54, 1.807) is 9.80 Å². The van der Waals surface area contributed by atoms with Crippen LogP contribution in [0.5, 0.6) is 0 Å². The first-order valence-electron chi connectivity index (χ1n) is 7.54. The van der Waals surface area contributed by atoms with Gasteiger partial charge in [-0.1, -0.05) is 30.3 Å². The smallest absolute Gasteiger partial charge is 0.327 e. The summed E-state index contributed by atoms with van der Waals surface area (Å²) in [6.45, 7) is 1.49. The van der Waals surface area contributed by atoms with Crippen LogP contribution in [0.25, 0.3) is 0 Å². The number of hydrogen-bond acceptors (Lipinski definition) is 4. The lowest BCUT2D eigenvalue weighted by Gasteiger charge is -2.35. The number of amides is 4. The molecule has 0 radical (unpaired) electrons. The molecular weight excluding hydrogens is 314 g/mol. The van der Waals surface area contributed by atoms with Crippen LogP contribution >= 0.6 is 11.8 Å². The van der Waals surface area contributed by atoms with Gasteiger partial charge in [-0.3, -0.25) is 14.5 Å². The zero-order valence-electron chi connectivity index (χ0n) is 13.0. The van der Waals surface area contributed by atoms with Gasteiger partial charge in [-0.15, -0.1) is 0 Å². The molecule has 1 aromatic carbocycles. The predicted molar refractivity (Wildman–Crippen MR) is 87.8 cm³/mol. The summed E-state index contributed by atoms with van der Waals surface area (Å²) in [5, 5.41) is 0. The Balaban J connectivity index is 1.72. The molecule has 2 heterocycles. The van der Waals surface area contributed by atoms with Crippen molar-refractivity contribution in [3.8, 4) is 0 Å². The van der Waals surface area contributed by atoms with Gasteiger partial charge >= 0.3 is 6.03 Å². The number of urea groups is 1. The van der Waals surface area contributed by atoms with Crippen LogP contribution in [-0.2, 0) is 16.1 Å². The van der Waals surface area contributed by atoms with Gasteiger partial charge in [0, 0.05) is 13.1 Å². The molecule has 0 saturated carbocycles. The first kappa shape index (κ1) is 15.9. The first-order valence-corrected chi connectivity index (χ1v) is 8.94. The molecule has 2 aliphatic rings. The Hall–Kier alpha value is -2.02. The fraction of sp³-hybridized carbons (Fsp3) is 0.438. The van der Waals surface area contributed by atoms with Crippen LogP contribution in [0.15, 0.2) is 30.3 Å². The second-order valence-corrected chi connectivity index (χ2v) is 6.54. The third-order valence-corrected chi connectivity index (χ3v) is 4.75. The molecule has 7 heteroatoms. The number of nitrogens with zero attached hydrogens (tertiary/aromatic N) is 3. The lowest BCUT2D eigenvalue weighted by atomic mass is 10.1. The Morgan fingerprint density at radius 2 is 1.96 bits per heavy atom. The standard InChI is InChI=1S/C16H19N3O3S/c1-23-11-14(20)17-7-8-18-13(10-17)15(21)19(16(18)22)9-12-5-3-2-4-6-12/h2-6,13H,7-11H2,1H3/t13-/m1/s1. The lowest BCUT2D eigenvalue weighted by molar-refractivity contribution is -0.134. The van der Waals surface area contributed by atoms with Crippen molar-refractivity contribution in [1.29, 1.82) is 0 Å². The number of rotatable bonds is 4. The monoisotopic (exact) mass is 333 g/mol. The van der Waals surface area contributed by atoms with Crippen LogP contribution in [0.4, 0.5) is 4.79 Å². The Morgan fingerprint density at radius 1 is 1.22 bits per heavy atom. The molecule has 3 rings (SSSR count). The number of imide groups is 1. The van der Waals surface area contributed by atoms with Crippen molar-refractivity contribution in [1.82, 2.24) is 14.7 Å². The molecule has 0 spiro atoms. The molecule has 1 atom stereocenters. The fourth-order valence-electron chi connectivity index (χ4n) is 3.01. The normalized spacial score (nSPS) is 20.9. The molecule has 6 nitrogen and oxygen atoms in total. The summed E-state index contributed by atoms with van der Waals surface area (Å²) < 4.78 is 0. The largest absolute Gasteiger partial charge is 0.338 e. The summed E-state index contributed by atoms with van der Waals surface area (Å²) in [4.78, 5) is 41.7. The molecule has 4 amide bonds. The van der Waals surface area contributed by atoms with Crippen molar-refractivity contribution in [2.24, 2.45) is 0 Å². The molecule has 1 aromatic rings. The Bertz CT molecular complexity index is 622. The molecule has 2 fully saturated rings. The SMILES string of the molecule is CSCC(=O)N1CCN2C(=O)N(Cc3ccccc3)C(=O)[C@H]2C1. The second-order valence-electron chi connectivity index (χ2n) is 5.67. The van der Waals surface area contributed by atoms with E-state index in [9.17, 15) is 14.4 Å². The van der Waals surface area contributed by atoms with Gasteiger partial charge in [0.25, 0.3) is 5.91 Å². The Labute approximate surface area is 139 Å². The third-order valence-electron chi connectivity index (χ3n) is 4.21. The molecular formula is C16H19N3O3S. The number of hydrogen-bond donors (Lipinski definition) is 0. The number of carbonyl (C=O) groups is 3. The van der Waals surface area contributed by atoms with E-state index in [1.807, 2.05) is 36.6 Å². The Kier molecular flexibility index (Phi) is 4.56. The fourth-order valence-corrected chi connectivity index (χ4v) is 3.43. The summed E-state index contributed by atoms with van der Waals surface area (Å²) in [5.41, 5.74) is 0.921. The van der Waals surface area contributed by atoms with E-state index < -0.39 is 6.04 Å². The van der Waals surface area contributed by atoms with Crippen molar-refractivity contribution >= 4 is 29.6 Å². The molecule has 2 aliphatic heterocycles. The maximum atomic E-state index is 12.6. The van der Waals surface area contributed by atoms with Gasteiger partial charge in [0.2, 0.25) is 5.91 Å². The number of piperazine rings is 1. The van der Waals surface area contributed by atoms with Crippen LogP contribution in [0.1, 0.15) is 5.56 Å². The van der Waals surface area contributed by atoms with Gasteiger partial charge in [-0.05, 0) is 11.8 Å². The zero-order chi connectivity index (χ0) is 16.4. The summed E-state index contributed by atoms with van der Waals surface area (Å²) in [5.74, 6) is 0.224. The van der Waals surface area contributed by atoms with Crippen LogP contribution < -0.4 is 0 Å². The van der Waals surface area contributed by atoms with Crippen LogP contribution in [0, 0.1) is 0 Å². The summed E-state index contributed by atoms with van der Waals surface area (Å²) in [6, 6.07) is 8.67. The maximum absolute atomic E-state index is 12.6. The van der Waals surface area contributed by atoms with E-state index in [1.165, 1.54) is 16.7 Å². The zero-order valence-corrected chi connectivity index (χ0v) is 13.8. The van der Waals surface area contributed by atoms with E-state index in [4.69, 9.17) is 0 Å². The van der Waals surface area contributed by atoms with E-state index in [-0.39, 0.29) is 24.4 Å². The molecule has 0 aliphatic carbocycles. The number of fused-ring (bicyclic) bond motifs is 1. The predicted octanol–water partition coefficient (Wildman–Crippen LogP) is 1.02. The van der Waals surface area contributed by atoms with Gasteiger partial charge in [-0.25, -0.2) is 4.79 Å². The van der Waals surface area contributed by atoms with E-state index in [2.05, 4.69) is 0 Å². The average molecular weight is 333 g/mol. The molecule has 0 bridgehead atoms. The van der Waals surface area contributed by atoms with Crippen LogP contribution in [0.3, 0.4) is 0 Å². The number of carbonyl (C=O) groups excluding carboxylic acids is 3. The minimum absolute atomic E-state index is 0.0268. The summed E-state index contributed by atoms with van der Waals surface area (Å²) in [6.07, 6.45) is 1.87. The van der Waals surface area contributed by atoms with Crippen molar-refractivity contribution in [3.63, 3.8) is 0 Å². The maximum Gasteiger partial charge on any atom is 0.327 e. The molecule has 23 heavy (non-hydrogen) atoms. The van der Waals surface area contributed by atoms with Crippen molar-refractivity contribution in [2.45, 2.75) is 12.6 Å². The van der Waals surface area contributed by atoms with Gasteiger partial charge in [0.05, 0.1) is 18.8 Å². The molecule has 0 unspecified atom stereocenters. The quantitative estimate of drug-likeness (QED) is 0.772. The van der Waals surface area contributed by atoms with E-state index >= 15 is 0 Å². The molecule has 0 aromatic heterocycles. The van der Waals surface area contributed by atoms with Crippen molar-refractivity contribution < 1.29 is 14.4 Å². The highest BCUT2D eigenvalue weighted by Crippen LogP contribution is 2.24. The Morgan fingerprint density at radius 3 is 2.65 bits per heavy atom. The van der Waals surface area contributed by atoms with Gasteiger partial charge in [0.15, 0.2) is 0 Å². The summed E-state index contributed by atoms with van der Waals surface area (Å²) >= 11 is 1.47. The highest BCUT2D eigenvalue weighted by molar-refractivity contribution is 7.99. The second kappa shape index (κ2) is 6.62. The first-order chi connectivity index (χ1) is 11.1. The lowest BCUT2D eigenvalue weighted by Crippen LogP contribution is -2.55. The molecule has 2 saturated heterocycles. The van der Waals surface area contributed by atoms with Gasteiger partial charge in [-0.2, -0.15) is 11.8 Å². The average Bonchev–Trinajstić information content (AvgIpc) is 2.81. The van der Waals surface area contributed by atoms with Crippen LogP contribution in [0.2, 0.25) is 0 Å². The van der Waals surface area contributed by atoms with Gasteiger partial charge < -0.3 is 9.80 Å². The van der Waals surface area contributed by atoms with E-state index in [0.29, 0.717) is 25.4 Å². The van der Waals surface area contributed by atoms with Gasteiger partial charge in [0.1, 0.15) is 6.04 Å². The topological polar surface area (TPSA) is 60.9 Å². The number of benzene rings is 1. The highest BCUT2D eigenvalue weighted by Gasteiger charge is 2.48. The molecule has 0 N–H and O–H groups in total. The number of thioether (sulfide) groups is 1. The van der Waals surface area contributed by atoms with Crippen molar-refractivity contribution in [2.75, 3.05) is 31.6 Å². The highest BCUT2D eigenvalue weighted by atomic mass is 32.2. The summed E-state index contributed by atoms with van der Waals surface area (Å²) in [7, 11) is 0. The van der Waals surface area contributed by atoms with Crippen LogP contribution in [-0.4, -0.2) is 70.2 Å².